The summed E-state index contributed by atoms with van der Waals surface area (Å²) in [5, 5.41) is 0.897. The van der Waals surface area contributed by atoms with Crippen LogP contribution in [0, 0.1) is 6.92 Å². The lowest BCUT2D eigenvalue weighted by atomic mass is 10.0. The Morgan fingerprint density at radius 2 is 1.75 bits per heavy atom. The molecule has 6 nitrogen and oxygen atoms in total. The van der Waals surface area contributed by atoms with Gasteiger partial charge in [-0.1, -0.05) is 41.9 Å². The van der Waals surface area contributed by atoms with E-state index < -0.39 is 16.0 Å². The molecule has 0 aliphatic carbocycles. The average molecular weight is 470 g/mol. The van der Waals surface area contributed by atoms with E-state index in [0.29, 0.717) is 38.6 Å². The molecule has 1 N–H and O–H groups in total. The summed E-state index contributed by atoms with van der Waals surface area (Å²) in [7, 11) is -3.87. The van der Waals surface area contributed by atoms with E-state index in [0.717, 1.165) is 0 Å². The van der Waals surface area contributed by atoms with Gasteiger partial charge < -0.3 is 9.15 Å². The van der Waals surface area contributed by atoms with Gasteiger partial charge in [-0.25, -0.2) is 13.2 Å². The second kappa shape index (κ2) is 8.68. The van der Waals surface area contributed by atoms with Gasteiger partial charge in [0, 0.05) is 16.0 Å². The molecule has 1 heterocycles. The molecule has 0 spiro atoms. The summed E-state index contributed by atoms with van der Waals surface area (Å²) in [5.74, 6) is -0.170. The first-order chi connectivity index (χ1) is 15.3. The predicted molar refractivity (Wildman–Crippen MR) is 125 cm³/mol. The van der Waals surface area contributed by atoms with Crippen molar-refractivity contribution in [2.24, 2.45) is 0 Å². The van der Waals surface area contributed by atoms with Crippen LogP contribution in [0.1, 0.15) is 22.8 Å². The molecule has 0 saturated heterocycles. The van der Waals surface area contributed by atoms with Gasteiger partial charge in [-0.3, -0.25) is 4.72 Å². The number of aryl methyl sites for hydroxylation is 1. The number of anilines is 1. The van der Waals surface area contributed by atoms with Crippen molar-refractivity contribution in [3.63, 3.8) is 0 Å². The number of nitrogens with one attached hydrogen (secondary N) is 1. The zero-order chi connectivity index (χ0) is 22.9. The van der Waals surface area contributed by atoms with Crippen molar-refractivity contribution in [2.45, 2.75) is 18.7 Å². The Bertz CT molecular complexity index is 1390. The first-order valence-corrected chi connectivity index (χ1v) is 11.7. The molecule has 0 saturated carbocycles. The van der Waals surface area contributed by atoms with E-state index in [1.807, 2.05) is 30.3 Å². The van der Waals surface area contributed by atoms with E-state index in [-0.39, 0.29) is 17.1 Å². The van der Waals surface area contributed by atoms with Crippen LogP contribution >= 0.6 is 11.6 Å². The highest BCUT2D eigenvalue weighted by Crippen LogP contribution is 2.37. The van der Waals surface area contributed by atoms with Crippen molar-refractivity contribution in [3.8, 4) is 11.3 Å². The van der Waals surface area contributed by atoms with E-state index in [4.69, 9.17) is 20.8 Å². The number of carbonyl (C=O) groups is 1. The summed E-state index contributed by atoms with van der Waals surface area (Å²) in [6.07, 6.45) is 0. The van der Waals surface area contributed by atoms with Crippen LogP contribution in [0.5, 0.6) is 0 Å². The molecule has 1 aromatic heterocycles. The second-order valence-corrected chi connectivity index (χ2v) is 9.23. The molecular weight excluding hydrogens is 450 g/mol. The topological polar surface area (TPSA) is 85.6 Å². The van der Waals surface area contributed by atoms with E-state index in [9.17, 15) is 13.2 Å². The fourth-order valence-corrected chi connectivity index (χ4v) is 4.62. The molecular formula is C24H20ClNO5S. The quantitative estimate of drug-likeness (QED) is 0.348. The van der Waals surface area contributed by atoms with Crippen LogP contribution in [-0.4, -0.2) is 21.0 Å². The number of carbonyl (C=O) groups excluding carboxylic acids is 1. The fraction of sp³-hybridized carbons (Fsp3) is 0.125. The number of sulfonamides is 1. The second-order valence-electron chi connectivity index (χ2n) is 7.12. The van der Waals surface area contributed by atoms with Crippen molar-refractivity contribution in [1.82, 2.24) is 0 Å². The van der Waals surface area contributed by atoms with Crippen molar-refractivity contribution in [2.75, 3.05) is 11.3 Å². The predicted octanol–water partition coefficient (Wildman–Crippen LogP) is 6.04. The van der Waals surface area contributed by atoms with Gasteiger partial charge in [0.1, 0.15) is 16.9 Å². The number of rotatable bonds is 6. The largest absolute Gasteiger partial charge is 0.462 e. The summed E-state index contributed by atoms with van der Waals surface area (Å²) in [4.78, 5) is 12.9. The van der Waals surface area contributed by atoms with Gasteiger partial charge >= 0.3 is 5.97 Å². The van der Waals surface area contributed by atoms with Crippen LogP contribution in [-0.2, 0) is 14.8 Å². The standard InChI is InChI=1S/C24H20ClNO5S/c1-3-30-24(27)22-19-14-20(26-32(28,29)18-11-9-17(25)10-12-18)15(2)13-21(19)31-23(22)16-7-5-4-6-8-16/h4-14,26H,3H2,1-2H3. The molecule has 0 unspecified atom stereocenters. The third-order valence-corrected chi connectivity index (χ3v) is 6.55. The lowest BCUT2D eigenvalue weighted by Crippen LogP contribution is -2.13. The lowest BCUT2D eigenvalue weighted by Gasteiger charge is -2.11. The minimum absolute atomic E-state index is 0.0733. The zero-order valence-corrected chi connectivity index (χ0v) is 19.0. The number of hydrogen-bond donors (Lipinski definition) is 1. The molecule has 0 aliphatic heterocycles. The van der Waals surface area contributed by atoms with Crippen LogP contribution < -0.4 is 4.72 Å². The molecule has 0 bridgehead atoms. The summed E-state index contributed by atoms with van der Waals surface area (Å²) in [6.45, 7) is 3.67. The van der Waals surface area contributed by atoms with Crippen LogP contribution in [0.3, 0.4) is 0 Å². The van der Waals surface area contributed by atoms with Crippen molar-refractivity contribution in [3.05, 3.63) is 82.9 Å². The zero-order valence-electron chi connectivity index (χ0n) is 17.4. The molecule has 3 aromatic carbocycles. The first-order valence-electron chi connectivity index (χ1n) is 9.88. The van der Waals surface area contributed by atoms with E-state index >= 15 is 0 Å². The summed E-state index contributed by atoms with van der Waals surface area (Å²) in [5.41, 5.74) is 2.39. The first kappa shape index (κ1) is 21.9. The summed E-state index contributed by atoms with van der Waals surface area (Å²) < 4.78 is 39.6. The normalized spacial score (nSPS) is 11.5. The molecule has 0 fully saturated rings. The number of ether oxygens (including phenoxy) is 1. The Kier molecular flexibility index (Phi) is 5.95. The average Bonchev–Trinajstić information content (AvgIpc) is 3.13. The van der Waals surface area contributed by atoms with Crippen molar-refractivity contribution < 1.29 is 22.4 Å². The maximum absolute atomic E-state index is 12.9. The molecule has 164 valence electrons. The SMILES string of the molecule is CCOC(=O)c1c(-c2ccccc2)oc2cc(C)c(NS(=O)(=O)c3ccc(Cl)cc3)cc12. The highest BCUT2D eigenvalue weighted by molar-refractivity contribution is 7.92. The molecule has 0 atom stereocenters. The molecule has 32 heavy (non-hydrogen) atoms. The molecule has 4 rings (SSSR count). The van der Waals surface area contributed by atoms with E-state index in [1.54, 1.807) is 26.0 Å². The summed E-state index contributed by atoms with van der Waals surface area (Å²) >= 11 is 5.87. The minimum Gasteiger partial charge on any atom is -0.462 e. The number of hydrogen-bond acceptors (Lipinski definition) is 5. The Labute approximate surface area is 190 Å². The van der Waals surface area contributed by atoms with Crippen LogP contribution in [0.25, 0.3) is 22.3 Å². The van der Waals surface area contributed by atoms with Crippen LogP contribution in [0.15, 0.2) is 76.0 Å². The van der Waals surface area contributed by atoms with Gasteiger partial charge in [0.25, 0.3) is 10.0 Å². The Balaban J connectivity index is 1.85. The van der Waals surface area contributed by atoms with Gasteiger partial charge in [-0.05, 0) is 55.8 Å². The van der Waals surface area contributed by atoms with E-state index in [2.05, 4.69) is 4.72 Å². The monoisotopic (exact) mass is 469 g/mol. The number of furan rings is 1. The molecule has 0 aliphatic rings. The Morgan fingerprint density at radius 3 is 2.41 bits per heavy atom. The van der Waals surface area contributed by atoms with Gasteiger partial charge in [0.15, 0.2) is 0 Å². The van der Waals surface area contributed by atoms with Crippen LogP contribution in [0.2, 0.25) is 5.02 Å². The third kappa shape index (κ3) is 4.22. The third-order valence-electron chi connectivity index (χ3n) is 4.92. The highest BCUT2D eigenvalue weighted by Gasteiger charge is 2.25. The molecule has 0 radical (unpaired) electrons. The minimum atomic E-state index is -3.87. The van der Waals surface area contributed by atoms with Gasteiger partial charge in [0.05, 0.1) is 17.2 Å². The fourth-order valence-electron chi connectivity index (χ4n) is 3.37. The van der Waals surface area contributed by atoms with Crippen molar-refractivity contribution >= 4 is 44.3 Å². The van der Waals surface area contributed by atoms with Gasteiger partial charge in [-0.2, -0.15) is 0 Å². The number of halogens is 1. The Morgan fingerprint density at radius 1 is 1.06 bits per heavy atom. The van der Waals surface area contributed by atoms with Gasteiger partial charge in [0.2, 0.25) is 0 Å². The molecule has 4 aromatic rings. The Hall–Kier alpha value is -3.29. The van der Waals surface area contributed by atoms with Crippen molar-refractivity contribution in [1.29, 1.82) is 0 Å². The lowest BCUT2D eigenvalue weighted by molar-refractivity contribution is 0.0528. The van der Waals surface area contributed by atoms with E-state index in [1.165, 1.54) is 24.3 Å². The maximum Gasteiger partial charge on any atom is 0.342 e. The number of benzene rings is 3. The maximum atomic E-state index is 12.9. The van der Waals surface area contributed by atoms with Gasteiger partial charge in [-0.15, -0.1) is 0 Å². The van der Waals surface area contributed by atoms with Crippen LogP contribution in [0.4, 0.5) is 5.69 Å². The number of fused-ring (bicyclic) bond motifs is 1. The smallest absolute Gasteiger partial charge is 0.342 e. The molecule has 8 heteroatoms. The number of esters is 1. The highest BCUT2D eigenvalue weighted by atomic mass is 35.5. The summed E-state index contributed by atoms with van der Waals surface area (Å²) in [6, 6.07) is 18.4. The molecule has 0 amide bonds.